The number of guanidine groups is 1. The van der Waals surface area contributed by atoms with E-state index in [2.05, 4.69) is 68.4 Å². The van der Waals surface area contributed by atoms with E-state index in [0.717, 1.165) is 50.9 Å². The van der Waals surface area contributed by atoms with Crippen molar-refractivity contribution in [1.82, 2.24) is 20.1 Å². The van der Waals surface area contributed by atoms with E-state index in [1.807, 2.05) is 18.6 Å². The van der Waals surface area contributed by atoms with Crippen LogP contribution in [0.15, 0.2) is 46.9 Å². The molecule has 0 radical (unpaired) electrons. The standard InChI is InChI=1S/C20H27N5S/c1-17-19(26-16-23-17)15-22-20(21-2)25-13-11-24(12-14-25)10-6-9-18-7-4-3-5-8-18/h3-9,16H,10-15H2,1-2H3,(H,21,22). The van der Waals surface area contributed by atoms with E-state index < -0.39 is 0 Å². The highest BCUT2D eigenvalue weighted by atomic mass is 32.1. The maximum atomic E-state index is 4.45. The van der Waals surface area contributed by atoms with E-state index in [-0.39, 0.29) is 0 Å². The zero-order valence-corrected chi connectivity index (χ0v) is 16.4. The molecule has 6 heteroatoms. The van der Waals surface area contributed by atoms with Crippen molar-refractivity contribution >= 4 is 23.4 Å². The Morgan fingerprint density at radius 1 is 1.23 bits per heavy atom. The van der Waals surface area contributed by atoms with Crippen molar-refractivity contribution in [3.05, 3.63) is 58.1 Å². The third kappa shape index (κ3) is 5.16. The Kier molecular flexibility index (Phi) is 6.80. The van der Waals surface area contributed by atoms with Gasteiger partial charge in [0.1, 0.15) is 0 Å². The first kappa shape index (κ1) is 18.6. The van der Waals surface area contributed by atoms with Gasteiger partial charge in [-0.1, -0.05) is 42.5 Å². The minimum atomic E-state index is 0.795. The van der Waals surface area contributed by atoms with Crippen LogP contribution in [0.4, 0.5) is 0 Å². The molecule has 0 spiro atoms. The van der Waals surface area contributed by atoms with Crippen LogP contribution in [0.5, 0.6) is 0 Å². The van der Waals surface area contributed by atoms with Crippen molar-refractivity contribution in [2.24, 2.45) is 4.99 Å². The fourth-order valence-electron chi connectivity index (χ4n) is 3.03. The van der Waals surface area contributed by atoms with E-state index in [0.29, 0.717) is 0 Å². The Bertz CT molecular complexity index is 730. The topological polar surface area (TPSA) is 43.8 Å². The first-order chi connectivity index (χ1) is 12.8. The maximum Gasteiger partial charge on any atom is 0.194 e. The van der Waals surface area contributed by atoms with E-state index in [1.165, 1.54) is 10.4 Å². The first-order valence-corrected chi connectivity index (χ1v) is 9.92. The summed E-state index contributed by atoms with van der Waals surface area (Å²) in [6, 6.07) is 10.5. The fraction of sp³-hybridized carbons (Fsp3) is 0.400. The predicted molar refractivity (Wildman–Crippen MR) is 111 cm³/mol. The summed E-state index contributed by atoms with van der Waals surface area (Å²) in [6.45, 7) is 7.95. The summed E-state index contributed by atoms with van der Waals surface area (Å²) in [5.74, 6) is 0.984. The SMILES string of the molecule is CN=C(NCc1scnc1C)N1CCN(CC=Cc2ccccc2)CC1. The molecule has 26 heavy (non-hydrogen) atoms. The Labute approximate surface area is 160 Å². The molecular formula is C20H27N5S. The summed E-state index contributed by atoms with van der Waals surface area (Å²) in [6.07, 6.45) is 4.45. The van der Waals surface area contributed by atoms with Crippen molar-refractivity contribution in [2.45, 2.75) is 13.5 Å². The number of aliphatic imine (C=N–C) groups is 1. The number of thiazole rings is 1. The molecule has 2 heterocycles. The number of nitrogens with one attached hydrogen (secondary N) is 1. The summed E-state index contributed by atoms with van der Waals surface area (Å²) in [4.78, 5) is 14.9. The van der Waals surface area contributed by atoms with Crippen molar-refractivity contribution in [3.63, 3.8) is 0 Å². The molecule has 1 aromatic carbocycles. The highest BCUT2D eigenvalue weighted by Gasteiger charge is 2.18. The van der Waals surface area contributed by atoms with Gasteiger partial charge in [-0.3, -0.25) is 9.89 Å². The van der Waals surface area contributed by atoms with Gasteiger partial charge in [-0.25, -0.2) is 4.98 Å². The molecule has 1 fully saturated rings. The average Bonchev–Trinajstić information content (AvgIpc) is 3.09. The van der Waals surface area contributed by atoms with Gasteiger partial charge in [0, 0.05) is 44.6 Å². The molecule has 1 aromatic heterocycles. The van der Waals surface area contributed by atoms with Gasteiger partial charge in [0.25, 0.3) is 0 Å². The van der Waals surface area contributed by atoms with Crippen LogP contribution in [-0.4, -0.2) is 60.5 Å². The van der Waals surface area contributed by atoms with Gasteiger partial charge >= 0.3 is 0 Å². The number of aryl methyl sites for hydroxylation is 1. The Balaban J connectivity index is 1.43. The number of benzene rings is 1. The molecule has 1 aliphatic rings. The second-order valence-electron chi connectivity index (χ2n) is 6.36. The molecular weight excluding hydrogens is 342 g/mol. The number of rotatable bonds is 5. The molecule has 5 nitrogen and oxygen atoms in total. The molecule has 0 aliphatic carbocycles. The first-order valence-electron chi connectivity index (χ1n) is 9.05. The second-order valence-corrected chi connectivity index (χ2v) is 7.30. The van der Waals surface area contributed by atoms with Crippen LogP contribution < -0.4 is 5.32 Å². The summed E-state index contributed by atoms with van der Waals surface area (Å²) in [7, 11) is 1.86. The van der Waals surface area contributed by atoms with Crippen LogP contribution in [0.3, 0.4) is 0 Å². The van der Waals surface area contributed by atoms with Crippen LogP contribution in [0.2, 0.25) is 0 Å². The number of hydrogen-bond acceptors (Lipinski definition) is 4. The van der Waals surface area contributed by atoms with Crippen LogP contribution in [0, 0.1) is 6.92 Å². The molecule has 1 aliphatic heterocycles. The van der Waals surface area contributed by atoms with Crippen LogP contribution in [0.25, 0.3) is 6.08 Å². The zero-order chi connectivity index (χ0) is 18.2. The lowest BCUT2D eigenvalue weighted by Crippen LogP contribution is -2.52. The predicted octanol–water partition coefficient (Wildman–Crippen LogP) is 2.86. The number of aromatic nitrogens is 1. The summed E-state index contributed by atoms with van der Waals surface area (Å²) in [5, 5.41) is 3.48. The van der Waals surface area contributed by atoms with Crippen molar-refractivity contribution in [2.75, 3.05) is 39.8 Å². The Morgan fingerprint density at radius 3 is 2.65 bits per heavy atom. The van der Waals surface area contributed by atoms with Crippen molar-refractivity contribution < 1.29 is 0 Å². The van der Waals surface area contributed by atoms with E-state index in [1.54, 1.807) is 11.3 Å². The maximum absolute atomic E-state index is 4.45. The van der Waals surface area contributed by atoms with Crippen molar-refractivity contribution in [1.29, 1.82) is 0 Å². The van der Waals surface area contributed by atoms with Gasteiger partial charge in [-0.15, -0.1) is 11.3 Å². The molecule has 0 amide bonds. The number of nitrogens with zero attached hydrogens (tertiary/aromatic N) is 4. The van der Waals surface area contributed by atoms with E-state index in [9.17, 15) is 0 Å². The van der Waals surface area contributed by atoms with Gasteiger partial charge in [0.2, 0.25) is 0 Å². The molecule has 1 saturated heterocycles. The normalized spacial score (nSPS) is 16.4. The molecule has 0 bridgehead atoms. The van der Waals surface area contributed by atoms with Gasteiger partial charge in [0.05, 0.1) is 17.7 Å². The molecule has 138 valence electrons. The van der Waals surface area contributed by atoms with Crippen molar-refractivity contribution in [3.8, 4) is 0 Å². The summed E-state index contributed by atoms with van der Waals surface area (Å²) >= 11 is 1.69. The average molecular weight is 370 g/mol. The van der Waals surface area contributed by atoms with Crippen LogP contribution >= 0.6 is 11.3 Å². The highest BCUT2D eigenvalue weighted by Crippen LogP contribution is 2.12. The minimum absolute atomic E-state index is 0.795. The van der Waals surface area contributed by atoms with Gasteiger partial charge in [-0.05, 0) is 12.5 Å². The summed E-state index contributed by atoms with van der Waals surface area (Å²) in [5.41, 5.74) is 4.26. The Hall–Kier alpha value is -2.18. The van der Waals surface area contributed by atoms with Gasteiger partial charge in [0.15, 0.2) is 5.96 Å². The molecule has 1 N–H and O–H groups in total. The monoisotopic (exact) mass is 369 g/mol. The van der Waals surface area contributed by atoms with E-state index in [4.69, 9.17) is 0 Å². The van der Waals surface area contributed by atoms with Crippen LogP contribution in [-0.2, 0) is 6.54 Å². The summed E-state index contributed by atoms with van der Waals surface area (Å²) < 4.78 is 0. The molecule has 3 rings (SSSR count). The molecule has 2 aromatic rings. The molecule has 0 unspecified atom stereocenters. The fourth-order valence-corrected chi connectivity index (χ4v) is 3.75. The largest absolute Gasteiger partial charge is 0.351 e. The van der Waals surface area contributed by atoms with Gasteiger partial charge < -0.3 is 10.2 Å². The molecule has 0 atom stereocenters. The van der Waals surface area contributed by atoms with Crippen LogP contribution in [0.1, 0.15) is 16.1 Å². The third-order valence-corrected chi connectivity index (χ3v) is 5.54. The second kappa shape index (κ2) is 9.50. The molecule has 0 saturated carbocycles. The third-order valence-electron chi connectivity index (χ3n) is 4.61. The number of hydrogen-bond donors (Lipinski definition) is 1. The Morgan fingerprint density at radius 2 is 2.00 bits per heavy atom. The smallest absolute Gasteiger partial charge is 0.194 e. The number of piperazine rings is 1. The quantitative estimate of drug-likeness (QED) is 0.650. The zero-order valence-electron chi connectivity index (χ0n) is 15.6. The lowest BCUT2D eigenvalue weighted by atomic mass is 10.2. The highest BCUT2D eigenvalue weighted by molar-refractivity contribution is 7.09. The van der Waals surface area contributed by atoms with Gasteiger partial charge in [-0.2, -0.15) is 0 Å². The lowest BCUT2D eigenvalue weighted by molar-refractivity contribution is 0.194. The minimum Gasteiger partial charge on any atom is -0.351 e. The lowest BCUT2D eigenvalue weighted by Gasteiger charge is -2.36. The van der Waals surface area contributed by atoms with E-state index >= 15 is 0 Å².